The van der Waals surface area contributed by atoms with E-state index in [0.29, 0.717) is 6.10 Å². The molecule has 0 N–H and O–H groups in total. The average Bonchev–Trinajstić information content (AvgIpc) is 3.33. The molecular formula is C23H29N3O2S. The molecule has 6 heteroatoms. The van der Waals surface area contributed by atoms with Gasteiger partial charge in [-0.2, -0.15) is 5.26 Å². The van der Waals surface area contributed by atoms with E-state index in [1.54, 1.807) is 18.4 Å². The maximum atomic E-state index is 9.02. The van der Waals surface area contributed by atoms with Gasteiger partial charge in [0.1, 0.15) is 5.01 Å². The van der Waals surface area contributed by atoms with Crippen LogP contribution in [0.2, 0.25) is 0 Å². The molecule has 1 aromatic carbocycles. The second kappa shape index (κ2) is 8.06. The van der Waals surface area contributed by atoms with Crippen molar-refractivity contribution in [2.45, 2.75) is 57.8 Å². The number of hydrogen-bond acceptors (Lipinski definition) is 6. The molecule has 0 saturated carbocycles. The summed E-state index contributed by atoms with van der Waals surface area (Å²) in [6.45, 7) is 7.38. The number of aryl methyl sites for hydroxylation is 1. The van der Waals surface area contributed by atoms with E-state index >= 15 is 0 Å². The highest BCUT2D eigenvalue weighted by molar-refractivity contribution is 7.13. The van der Waals surface area contributed by atoms with E-state index in [2.05, 4.69) is 41.9 Å². The summed E-state index contributed by atoms with van der Waals surface area (Å²) in [6.07, 6.45) is 6.55. The zero-order valence-corrected chi connectivity index (χ0v) is 18.3. The Hall–Kier alpha value is -1.94. The van der Waals surface area contributed by atoms with Crippen LogP contribution in [0, 0.1) is 16.7 Å². The van der Waals surface area contributed by atoms with Gasteiger partial charge in [-0.05, 0) is 57.4 Å². The summed E-state index contributed by atoms with van der Waals surface area (Å²) in [5.74, 6) is 0. The van der Waals surface area contributed by atoms with Gasteiger partial charge in [-0.3, -0.25) is 4.90 Å². The Morgan fingerprint density at radius 3 is 2.72 bits per heavy atom. The van der Waals surface area contributed by atoms with Crippen molar-refractivity contribution in [1.82, 2.24) is 9.88 Å². The zero-order valence-electron chi connectivity index (χ0n) is 17.5. The molecule has 0 amide bonds. The summed E-state index contributed by atoms with van der Waals surface area (Å²) < 4.78 is 11.6. The molecule has 0 aliphatic carbocycles. The number of nitrogens with zero attached hydrogens (tertiary/aromatic N) is 3. The van der Waals surface area contributed by atoms with E-state index in [1.807, 2.05) is 18.3 Å². The summed E-state index contributed by atoms with van der Waals surface area (Å²) in [5.41, 5.74) is 2.20. The van der Waals surface area contributed by atoms with Crippen LogP contribution in [-0.4, -0.2) is 41.8 Å². The number of benzene rings is 1. The Kier molecular flexibility index (Phi) is 5.65. The molecule has 3 heterocycles. The molecule has 0 bridgehead atoms. The Morgan fingerprint density at radius 1 is 1.34 bits per heavy atom. The number of ether oxygens (including phenoxy) is 2. The largest absolute Gasteiger partial charge is 0.486 e. The minimum atomic E-state index is 0.00219. The quantitative estimate of drug-likeness (QED) is 0.675. The van der Waals surface area contributed by atoms with Crippen LogP contribution in [0.15, 0.2) is 30.5 Å². The van der Waals surface area contributed by atoms with E-state index in [-0.39, 0.29) is 11.0 Å². The molecule has 2 fully saturated rings. The molecule has 4 rings (SSSR count). The Morgan fingerprint density at radius 2 is 2.10 bits per heavy atom. The highest BCUT2D eigenvalue weighted by Crippen LogP contribution is 2.49. The Labute approximate surface area is 177 Å². The second-order valence-electron chi connectivity index (χ2n) is 8.98. The molecule has 0 radical (unpaired) electrons. The van der Waals surface area contributed by atoms with Crippen molar-refractivity contribution in [3.8, 4) is 11.1 Å². The zero-order chi connectivity index (χ0) is 20.5. The highest BCUT2D eigenvalue weighted by Gasteiger charge is 2.52. The van der Waals surface area contributed by atoms with Crippen LogP contribution in [0.3, 0.4) is 0 Å². The van der Waals surface area contributed by atoms with Gasteiger partial charge in [-0.25, -0.2) is 4.98 Å². The van der Waals surface area contributed by atoms with Gasteiger partial charge in [-0.1, -0.05) is 23.5 Å². The lowest BCUT2D eigenvalue weighted by atomic mass is 9.70. The fraction of sp³-hybridized carbons (Fsp3) is 0.565. The number of aromatic nitrogens is 1. The predicted molar refractivity (Wildman–Crippen MR) is 114 cm³/mol. The summed E-state index contributed by atoms with van der Waals surface area (Å²) in [4.78, 5) is 7.02. The fourth-order valence-corrected chi connectivity index (χ4v) is 5.48. The number of thiazole rings is 1. The number of hydrogen-bond donors (Lipinski definition) is 0. The van der Waals surface area contributed by atoms with Gasteiger partial charge in [0, 0.05) is 18.4 Å². The number of likely N-dealkylation sites (tertiary alicyclic amines) is 1. The van der Waals surface area contributed by atoms with Gasteiger partial charge in [0.05, 0.1) is 43.2 Å². The van der Waals surface area contributed by atoms with Gasteiger partial charge in [0.25, 0.3) is 0 Å². The highest BCUT2D eigenvalue weighted by atomic mass is 32.1. The third-order valence-electron chi connectivity index (χ3n) is 6.37. The molecule has 5 nitrogen and oxygen atoms in total. The molecule has 0 unspecified atom stereocenters. The van der Waals surface area contributed by atoms with Crippen LogP contribution in [0.1, 0.15) is 49.2 Å². The maximum absolute atomic E-state index is 9.02. The molecule has 1 aromatic heterocycles. The number of nitriles is 1. The average molecular weight is 412 g/mol. The van der Waals surface area contributed by atoms with Gasteiger partial charge >= 0.3 is 0 Å². The monoisotopic (exact) mass is 411 g/mol. The van der Waals surface area contributed by atoms with Crippen LogP contribution in [-0.2, 0) is 17.7 Å². The van der Waals surface area contributed by atoms with Gasteiger partial charge in [0.15, 0.2) is 5.06 Å². The van der Waals surface area contributed by atoms with Crippen LogP contribution in [0.5, 0.6) is 5.06 Å². The van der Waals surface area contributed by atoms with Crippen molar-refractivity contribution in [2.75, 3.05) is 20.2 Å². The first kappa shape index (κ1) is 20.3. The second-order valence-corrected chi connectivity index (χ2v) is 10.1. The van der Waals surface area contributed by atoms with E-state index in [4.69, 9.17) is 14.7 Å². The molecule has 29 heavy (non-hydrogen) atoms. The van der Waals surface area contributed by atoms with Crippen molar-refractivity contribution in [2.24, 2.45) is 5.41 Å². The van der Waals surface area contributed by atoms with Gasteiger partial charge in [0.2, 0.25) is 0 Å². The van der Waals surface area contributed by atoms with Crippen LogP contribution >= 0.6 is 11.3 Å². The molecular weight excluding hydrogens is 382 g/mol. The first-order valence-corrected chi connectivity index (χ1v) is 11.1. The molecule has 2 aliphatic rings. The Bertz CT molecular complexity index is 878. The summed E-state index contributed by atoms with van der Waals surface area (Å²) in [6, 6.07) is 10.2. The van der Waals surface area contributed by atoms with Gasteiger partial charge < -0.3 is 9.47 Å². The fourth-order valence-electron chi connectivity index (χ4n) is 4.70. The standard InChI is InChI=1S/C23H29N3O2S/c1-22(2)12-19(28-22)23(9-8-17-4-6-18(13-24)7-5-17)10-11-26(16-23)15-20-25-14-21(27-3)29-20/h4-7,14,19H,8-12,15-16H2,1-3H3/t19-,23-/m1/s1. The topological polar surface area (TPSA) is 58.4 Å². The third-order valence-corrected chi connectivity index (χ3v) is 7.32. The van der Waals surface area contributed by atoms with Crippen molar-refractivity contribution in [3.05, 3.63) is 46.6 Å². The molecule has 2 aliphatic heterocycles. The third kappa shape index (κ3) is 4.48. The van der Waals surface area contributed by atoms with Crippen LogP contribution < -0.4 is 4.74 Å². The molecule has 2 atom stereocenters. The van der Waals surface area contributed by atoms with E-state index in [0.717, 1.165) is 61.0 Å². The van der Waals surface area contributed by atoms with E-state index in [9.17, 15) is 0 Å². The normalized spacial score (nSPS) is 26.1. The first-order chi connectivity index (χ1) is 13.9. The van der Waals surface area contributed by atoms with E-state index in [1.165, 1.54) is 5.56 Å². The SMILES string of the molecule is COc1cnc(CN2CC[C@@](CCc3ccc(C#N)cc3)([C@H]3CC(C)(C)O3)C2)s1. The summed E-state index contributed by atoms with van der Waals surface area (Å²) in [7, 11) is 1.69. The predicted octanol–water partition coefficient (Wildman–Crippen LogP) is 4.42. The lowest BCUT2D eigenvalue weighted by Crippen LogP contribution is -2.55. The molecule has 2 aromatic rings. The van der Waals surface area contributed by atoms with Crippen LogP contribution in [0.25, 0.3) is 0 Å². The first-order valence-electron chi connectivity index (χ1n) is 10.3. The minimum absolute atomic E-state index is 0.00219. The Balaban J connectivity index is 1.44. The maximum Gasteiger partial charge on any atom is 0.193 e. The lowest BCUT2D eigenvalue weighted by molar-refractivity contribution is -0.230. The van der Waals surface area contributed by atoms with E-state index < -0.39 is 0 Å². The van der Waals surface area contributed by atoms with Gasteiger partial charge in [-0.15, -0.1) is 0 Å². The number of methoxy groups -OCH3 is 1. The van der Waals surface area contributed by atoms with Crippen molar-refractivity contribution >= 4 is 11.3 Å². The lowest BCUT2D eigenvalue weighted by Gasteiger charge is -2.52. The molecule has 0 spiro atoms. The minimum Gasteiger partial charge on any atom is -0.486 e. The smallest absolute Gasteiger partial charge is 0.193 e. The number of rotatable bonds is 7. The van der Waals surface area contributed by atoms with Crippen molar-refractivity contribution in [1.29, 1.82) is 5.26 Å². The van der Waals surface area contributed by atoms with Crippen LogP contribution in [0.4, 0.5) is 0 Å². The molecule has 154 valence electrons. The summed E-state index contributed by atoms with van der Waals surface area (Å²) >= 11 is 1.63. The molecule has 2 saturated heterocycles. The summed E-state index contributed by atoms with van der Waals surface area (Å²) in [5, 5.41) is 11.0. The van der Waals surface area contributed by atoms with Crippen molar-refractivity contribution in [3.63, 3.8) is 0 Å². The van der Waals surface area contributed by atoms with Crippen molar-refractivity contribution < 1.29 is 9.47 Å².